The van der Waals surface area contributed by atoms with Gasteiger partial charge in [-0.3, -0.25) is 14.9 Å². The van der Waals surface area contributed by atoms with E-state index in [2.05, 4.69) is 26.1 Å². The zero-order valence-electron chi connectivity index (χ0n) is 16.8. The summed E-state index contributed by atoms with van der Waals surface area (Å²) < 4.78 is 18.3. The number of rotatable bonds is 8. The molecule has 0 spiro atoms. The fourth-order valence-corrected chi connectivity index (χ4v) is 3.95. The summed E-state index contributed by atoms with van der Waals surface area (Å²) in [5.41, 5.74) is 1.02. The summed E-state index contributed by atoms with van der Waals surface area (Å²) in [4.78, 5) is 36.4. The molecule has 0 unspecified atom stereocenters. The number of anilines is 3. The molecule has 0 aliphatic heterocycles. The second-order valence-electron chi connectivity index (χ2n) is 6.06. The van der Waals surface area contributed by atoms with Gasteiger partial charge in [0.2, 0.25) is 11.0 Å². The Morgan fingerprint density at radius 2 is 1.78 bits per heavy atom. The molecule has 3 N–H and O–H groups in total. The molecule has 166 valence electrons. The van der Waals surface area contributed by atoms with E-state index in [0.717, 1.165) is 23.1 Å². The van der Waals surface area contributed by atoms with Crippen LogP contribution >= 0.6 is 23.1 Å². The summed E-state index contributed by atoms with van der Waals surface area (Å²) in [6.45, 7) is 1.92. The molecular formula is C20H18FN5O4S2. The van der Waals surface area contributed by atoms with Gasteiger partial charge in [0, 0.05) is 5.69 Å². The van der Waals surface area contributed by atoms with Gasteiger partial charge in [-0.25, -0.2) is 9.18 Å². The van der Waals surface area contributed by atoms with Crippen molar-refractivity contribution < 1.29 is 23.5 Å². The second kappa shape index (κ2) is 11.2. The topological polar surface area (TPSA) is 122 Å². The number of halogens is 1. The minimum Gasteiger partial charge on any atom is -0.450 e. The van der Waals surface area contributed by atoms with Crippen LogP contribution < -0.4 is 16.0 Å². The van der Waals surface area contributed by atoms with Crippen molar-refractivity contribution in [1.29, 1.82) is 0 Å². The lowest BCUT2D eigenvalue weighted by molar-refractivity contribution is -0.113. The predicted octanol–water partition coefficient (Wildman–Crippen LogP) is 4.23. The smallest absolute Gasteiger partial charge is 0.413 e. The molecule has 0 fully saturated rings. The van der Waals surface area contributed by atoms with Crippen LogP contribution in [-0.2, 0) is 9.53 Å². The standard InChI is InChI=1S/C20H18FN5O4S2/c1-2-30-19(29)24-18-25-26-20(32-18)31-11-16(27)23-15-6-4-3-5-14(15)17(28)22-13-9-7-12(21)8-10-13/h3-10H,2,11H2,1H3,(H,22,28)(H,23,27)(H,24,25,29). The molecule has 0 saturated heterocycles. The van der Waals surface area contributed by atoms with Crippen LogP contribution in [0.25, 0.3) is 0 Å². The number of para-hydroxylation sites is 1. The van der Waals surface area contributed by atoms with Gasteiger partial charge in [-0.15, -0.1) is 10.2 Å². The van der Waals surface area contributed by atoms with Gasteiger partial charge in [0.05, 0.1) is 23.6 Å². The molecule has 0 radical (unpaired) electrons. The Hall–Kier alpha value is -3.51. The molecule has 12 heteroatoms. The Kier molecular flexibility index (Phi) is 8.11. The van der Waals surface area contributed by atoms with E-state index in [4.69, 9.17) is 4.74 Å². The van der Waals surface area contributed by atoms with Gasteiger partial charge in [0.15, 0.2) is 4.34 Å². The van der Waals surface area contributed by atoms with Crippen LogP contribution in [0.4, 0.5) is 25.7 Å². The number of carbonyl (C=O) groups excluding carboxylic acids is 3. The summed E-state index contributed by atoms with van der Waals surface area (Å²) in [5, 5.41) is 15.8. The number of hydrogen-bond donors (Lipinski definition) is 3. The molecular weight excluding hydrogens is 457 g/mol. The first kappa shape index (κ1) is 23.2. The average Bonchev–Trinajstić information content (AvgIpc) is 3.21. The van der Waals surface area contributed by atoms with Gasteiger partial charge in [-0.05, 0) is 43.3 Å². The quantitative estimate of drug-likeness (QED) is 0.329. The SMILES string of the molecule is CCOC(=O)Nc1nnc(SCC(=O)Nc2ccccc2C(=O)Nc2ccc(F)cc2)s1. The Morgan fingerprint density at radius 1 is 1.03 bits per heavy atom. The zero-order chi connectivity index (χ0) is 22.9. The summed E-state index contributed by atoms with van der Waals surface area (Å²) in [6.07, 6.45) is -0.631. The maximum Gasteiger partial charge on any atom is 0.413 e. The molecule has 9 nitrogen and oxygen atoms in total. The van der Waals surface area contributed by atoms with E-state index >= 15 is 0 Å². The third-order valence-electron chi connectivity index (χ3n) is 3.77. The normalized spacial score (nSPS) is 10.3. The molecule has 3 amide bonds. The van der Waals surface area contributed by atoms with E-state index in [1.165, 1.54) is 24.3 Å². The lowest BCUT2D eigenvalue weighted by Gasteiger charge is -2.11. The van der Waals surface area contributed by atoms with Gasteiger partial charge >= 0.3 is 6.09 Å². The Balaban J connectivity index is 1.56. The number of hydrogen-bond acceptors (Lipinski definition) is 8. The number of nitrogens with one attached hydrogen (secondary N) is 3. The van der Waals surface area contributed by atoms with Gasteiger partial charge in [0.25, 0.3) is 5.91 Å². The van der Waals surface area contributed by atoms with E-state index in [1.807, 2.05) is 0 Å². The van der Waals surface area contributed by atoms with Gasteiger partial charge in [-0.2, -0.15) is 0 Å². The lowest BCUT2D eigenvalue weighted by Crippen LogP contribution is -2.19. The fourth-order valence-electron chi connectivity index (χ4n) is 2.41. The van der Waals surface area contributed by atoms with Crippen LogP contribution in [0, 0.1) is 5.82 Å². The number of amides is 3. The number of nitrogens with zero attached hydrogens (tertiary/aromatic N) is 2. The Bertz CT molecular complexity index is 1110. The van der Waals surface area contributed by atoms with Crippen molar-refractivity contribution in [2.24, 2.45) is 0 Å². The number of ether oxygens (including phenoxy) is 1. The van der Waals surface area contributed by atoms with E-state index in [0.29, 0.717) is 15.7 Å². The minimum atomic E-state index is -0.631. The van der Waals surface area contributed by atoms with Crippen molar-refractivity contribution in [3.8, 4) is 0 Å². The van der Waals surface area contributed by atoms with E-state index in [1.54, 1.807) is 31.2 Å². The maximum atomic E-state index is 13.0. The van der Waals surface area contributed by atoms with Crippen molar-refractivity contribution in [2.45, 2.75) is 11.3 Å². The molecule has 0 atom stereocenters. The monoisotopic (exact) mass is 475 g/mol. The predicted molar refractivity (Wildman–Crippen MR) is 121 cm³/mol. The highest BCUT2D eigenvalue weighted by Gasteiger charge is 2.15. The Labute approximate surface area is 190 Å². The number of benzene rings is 2. The number of aromatic nitrogens is 2. The van der Waals surface area contributed by atoms with Crippen molar-refractivity contribution in [2.75, 3.05) is 28.3 Å². The van der Waals surface area contributed by atoms with Gasteiger partial charge in [-0.1, -0.05) is 35.2 Å². The summed E-state index contributed by atoms with van der Waals surface area (Å²) in [7, 11) is 0. The summed E-state index contributed by atoms with van der Waals surface area (Å²) in [6, 6.07) is 11.9. The third-order valence-corrected chi connectivity index (χ3v) is 5.74. The average molecular weight is 476 g/mol. The summed E-state index contributed by atoms with van der Waals surface area (Å²) >= 11 is 2.24. The zero-order valence-corrected chi connectivity index (χ0v) is 18.4. The van der Waals surface area contributed by atoms with Crippen LogP contribution in [0.15, 0.2) is 52.9 Å². The first-order valence-corrected chi connectivity index (χ1v) is 11.1. The minimum absolute atomic E-state index is 0.0158. The van der Waals surface area contributed by atoms with Crippen LogP contribution in [0.1, 0.15) is 17.3 Å². The first-order valence-electron chi connectivity index (χ1n) is 9.30. The first-order chi connectivity index (χ1) is 15.4. The molecule has 32 heavy (non-hydrogen) atoms. The van der Waals surface area contributed by atoms with Crippen molar-refractivity contribution >= 4 is 57.5 Å². The molecule has 2 aromatic carbocycles. The molecule has 0 aliphatic carbocycles. The molecule has 0 bridgehead atoms. The molecule has 3 rings (SSSR count). The van der Waals surface area contributed by atoms with Crippen molar-refractivity contribution in [1.82, 2.24) is 10.2 Å². The highest BCUT2D eigenvalue weighted by Crippen LogP contribution is 2.26. The van der Waals surface area contributed by atoms with E-state index < -0.39 is 17.8 Å². The molecule has 3 aromatic rings. The molecule has 1 heterocycles. The van der Waals surface area contributed by atoms with Gasteiger partial charge < -0.3 is 15.4 Å². The highest BCUT2D eigenvalue weighted by molar-refractivity contribution is 8.01. The van der Waals surface area contributed by atoms with Crippen LogP contribution in [-0.4, -0.2) is 40.5 Å². The largest absolute Gasteiger partial charge is 0.450 e. The van der Waals surface area contributed by atoms with Crippen LogP contribution in [0.5, 0.6) is 0 Å². The number of thioether (sulfide) groups is 1. The summed E-state index contributed by atoms with van der Waals surface area (Å²) in [5.74, 6) is -1.19. The Morgan fingerprint density at radius 3 is 2.53 bits per heavy atom. The van der Waals surface area contributed by atoms with Gasteiger partial charge in [0.1, 0.15) is 5.82 Å². The van der Waals surface area contributed by atoms with Crippen LogP contribution in [0.3, 0.4) is 0 Å². The van der Waals surface area contributed by atoms with Crippen molar-refractivity contribution in [3.05, 3.63) is 59.9 Å². The third kappa shape index (κ3) is 6.75. The van der Waals surface area contributed by atoms with Crippen molar-refractivity contribution in [3.63, 3.8) is 0 Å². The number of carbonyl (C=O) groups is 3. The van der Waals surface area contributed by atoms with Crippen LogP contribution in [0.2, 0.25) is 0 Å². The molecule has 0 aliphatic rings. The van der Waals surface area contributed by atoms with E-state index in [9.17, 15) is 18.8 Å². The second-order valence-corrected chi connectivity index (χ2v) is 8.26. The highest BCUT2D eigenvalue weighted by atomic mass is 32.2. The fraction of sp³-hybridized carbons (Fsp3) is 0.150. The molecule has 0 saturated carbocycles. The molecule has 1 aromatic heterocycles. The maximum absolute atomic E-state index is 13.0. The van der Waals surface area contributed by atoms with E-state index in [-0.39, 0.29) is 29.0 Å². The lowest BCUT2D eigenvalue weighted by atomic mass is 10.1.